The summed E-state index contributed by atoms with van der Waals surface area (Å²) in [5, 5.41) is 2.72. The second-order valence-corrected chi connectivity index (χ2v) is 3.33. The van der Waals surface area contributed by atoms with Crippen LogP contribution in [-0.2, 0) is 0 Å². The van der Waals surface area contributed by atoms with Gasteiger partial charge in [-0.05, 0) is 36.4 Å². The van der Waals surface area contributed by atoms with Crippen molar-refractivity contribution in [1.82, 2.24) is 0 Å². The predicted octanol–water partition coefficient (Wildman–Crippen LogP) is 3.08. The fourth-order valence-electron chi connectivity index (χ4n) is 1.33. The quantitative estimate of drug-likeness (QED) is 0.817. The van der Waals surface area contributed by atoms with Gasteiger partial charge in [-0.15, -0.1) is 0 Å². The molecule has 2 rings (SSSR count). The normalized spacial score (nSPS) is 9.81. The van der Waals surface area contributed by atoms with E-state index in [1.807, 2.05) is 18.2 Å². The Morgan fingerprint density at radius 1 is 0.938 bits per heavy atom. The summed E-state index contributed by atoms with van der Waals surface area (Å²) in [7, 11) is 0. The molecule has 16 heavy (non-hydrogen) atoms. The lowest BCUT2D eigenvalue weighted by Crippen LogP contribution is -2.11. The highest BCUT2D eigenvalue weighted by molar-refractivity contribution is 6.04. The van der Waals surface area contributed by atoms with E-state index in [-0.39, 0.29) is 11.7 Å². The molecule has 0 aliphatic heterocycles. The second kappa shape index (κ2) is 4.57. The van der Waals surface area contributed by atoms with Crippen LogP contribution in [0.15, 0.2) is 54.6 Å². The summed E-state index contributed by atoms with van der Waals surface area (Å²) in [6, 6.07) is 14.6. The van der Waals surface area contributed by atoms with Crippen molar-refractivity contribution in [3.63, 3.8) is 0 Å². The number of rotatable bonds is 2. The molecule has 0 radical (unpaired) electrons. The second-order valence-electron chi connectivity index (χ2n) is 3.33. The van der Waals surface area contributed by atoms with Crippen LogP contribution < -0.4 is 5.32 Å². The minimum atomic E-state index is -0.351. The molecule has 0 atom stereocenters. The van der Waals surface area contributed by atoms with Crippen molar-refractivity contribution < 1.29 is 9.18 Å². The number of benzene rings is 2. The molecular formula is C13H10FNO. The first kappa shape index (κ1) is 10.4. The van der Waals surface area contributed by atoms with Gasteiger partial charge in [0.15, 0.2) is 0 Å². The Kier molecular flexibility index (Phi) is 2.96. The number of carbonyl (C=O) groups is 1. The van der Waals surface area contributed by atoms with E-state index < -0.39 is 0 Å². The number of hydrogen-bond donors (Lipinski definition) is 1. The van der Waals surface area contributed by atoms with Gasteiger partial charge >= 0.3 is 0 Å². The highest BCUT2D eigenvalue weighted by Gasteiger charge is 2.05. The third-order valence-electron chi connectivity index (χ3n) is 2.14. The van der Waals surface area contributed by atoms with E-state index in [0.29, 0.717) is 5.56 Å². The third kappa shape index (κ3) is 2.45. The summed E-state index contributed by atoms with van der Waals surface area (Å²) in [5.74, 6) is -0.595. The number of nitrogens with one attached hydrogen (secondary N) is 1. The molecule has 0 fully saturated rings. The summed E-state index contributed by atoms with van der Waals surface area (Å²) in [6.45, 7) is 0. The first-order valence-corrected chi connectivity index (χ1v) is 4.88. The summed E-state index contributed by atoms with van der Waals surface area (Å²) >= 11 is 0. The van der Waals surface area contributed by atoms with Crippen molar-refractivity contribution in [2.24, 2.45) is 0 Å². The van der Waals surface area contributed by atoms with Crippen LogP contribution in [0.4, 0.5) is 10.1 Å². The highest BCUT2D eigenvalue weighted by Crippen LogP contribution is 2.09. The van der Waals surface area contributed by atoms with Crippen LogP contribution in [0.25, 0.3) is 0 Å². The molecule has 2 nitrogen and oxygen atoms in total. The van der Waals surface area contributed by atoms with Crippen molar-refractivity contribution in [1.29, 1.82) is 0 Å². The Morgan fingerprint density at radius 2 is 1.56 bits per heavy atom. The molecule has 0 bridgehead atoms. The zero-order valence-corrected chi connectivity index (χ0v) is 8.48. The monoisotopic (exact) mass is 214 g/mol. The molecule has 1 N–H and O–H groups in total. The number of para-hydroxylation sites is 1. The topological polar surface area (TPSA) is 29.1 Å². The third-order valence-corrected chi connectivity index (χ3v) is 2.14. The molecule has 0 saturated heterocycles. The van der Waals surface area contributed by atoms with E-state index in [2.05, 4.69) is 5.32 Å². The zero-order chi connectivity index (χ0) is 11.4. The molecule has 0 spiro atoms. The van der Waals surface area contributed by atoms with Crippen molar-refractivity contribution in [3.8, 4) is 0 Å². The van der Waals surface area contributed by atoms with E-state index in [0.717, 1.165) is 5.69 Å². The lowest BCUT2D eigenvalue weighted by Gasteiger charge is -2.04. The van der Waals surface area contributed by atoms with Crippen LogP contribution in [0.2, 0.25) is 0 Å². The van der Waals surface area contributed by atoms with Gasteiger partial charge in [0.25, 0.3) is 5.91 Å². The Bertz CT molecular complexity index is 479. The van der Waals surface area contributed by atoms with Crippen molar-refractivity contribution in [3.05, 3.63) is 66.0 Å². The van der Waals surface area contributed by atoms with E-state index in [1.165, 1.54) is 24.3 Å². The van der Waals surface area contributed by atoms with Gasteiger partial charge in [0.2, 0.25) is 0 Å². The minimum Gasteiger partial charge on any atom is -0.322 e. The lowest BCUT2D eigenvalue weighted by molar-refractivity contribution is 0.102. The lowest BCUT2D eigenvalue weighted by atomic mass is 10.2. The number of halogens is 1. The minimum absolute atomic E-state index is 0.244. The Morgan fingerprint density at radius 3 is 2.19 bits per heavy atom. The van der Waals surface area contributed by atoms with Gasteiger partial charge in [0, 0.05) is 11.3 Å². The summed E-state index contributed by atoms with van der Waals surface area (Å²) < 4.78 is 12.6. The van der Waals surface area contributed by atoms with Crippen LogP contribution in [0.3, 0.4) is 0 Å². The zero-order valence-electron chi connectivity index (χ0n) is 8.48. The predicted molar refractivity (Wildman–Crippen MR) is 60.8 cm³/mol. The molecule has 3 heteroatoms. The molecular weight excluding hydrogens is 204 g/mol. The van der Waals surface area contributed by atoms with Gasteiger partial charge in [-0.3, -0.25) is 4.79 Å². The molecule has 80 valence electrons. The van der Waals surface area contributed by atoms with Crippen molar-refractivity contribution in [2.45, 2.75) is 0 Å². The molecule has 0 aliphatic rings. The van der Waals surface area contributed by atoms with Crippen LogP contribution >= 0.6 is 0 Å². The van der Waals surface area contributed by atoms with E-state index in [1.54, 1.807) is 12.1 Å². The summed E-state index contributed by atoms with van der Waals surface area (Å²) in [4.78, 5) is 11.7. The molecule has 0 aromatic heterocycles. The average molecular weight is 214 g/mol. The molecule has 0 unspecified atom stereocenters. The van der Waals surface area contributed by atoms with Crippen LogP contribution in [0, 0.1) is 5.82 Å². The molecule has 1 amide bonds. The Labute approximate surface area is 92.7 Å². The SMILES string of the molecule is O=C(Nc1ccccc1)c1ccc([18F])cc1. The molecule has 0 saturated carbocycles. The maximum Gasteiger partial charge on any atom is 0.255 e. The van der Waals surface area contributed by atoms with E-state index in [4.69, 9.17) is 0 Å². The summed E-state index contributed by atoms with van der Waals surface area (Å²) in [6.07, 6.45) is 0. The van der Waals surface area contributed by atoms with Crippen LogP contribution in [0.5, 0.6) is 0 Å². The number of amides is 1. The Balaban J connectivity index is 2.12. The smallest absolute Gasteiger partial charge is 0.255 e. The van der Waals surface area contributed by atoms with Crippen molar-refractivity contribution in [2.75, 3.05) is 5.32 Å². The molecule has 2 aromatic carbocycles. The number of carbonyl (C=O) groups excluding carboxylic acids is 1. The highest BCUT2D eigenvalue weighted by atomic mass is 18.2. The van der Waals surface area contributed by atoms with Crippen LogP contribution in [-0.4, -0.2) is 5.91 Å². The van der Waals surface area contributed by atoms with Gasteiger partial charge < -0.3 is 5.32 Å². The number of hydrogen-bond acceptors (Lipinski definition) is 1. The van der Waals surface area contributed by atoms with Crippen molar-refractivity contribution >= 4 is 11.6 Å². The van der Waals surface area contributed by atoms with E-state index in [9.17, 15) is 9.18 Å². The maximum atomic E-state index is 12.6. The largest absolute Gasteiger partial charge is 0.322 e. The van der Waals surface area contributed by atoms with E-state index >= 15 is 0 Å². The number of anilines is 1. The maximum absolute atomic E-state index is 12.6. The first-order valence-electron chi connectivity index (χ1n) is 4.88. The average Bonchev–Trinajstić information content (AvgIpc) is 2.31. The fraction of sp³-hybridized carbons (Fsp3) is 0. The summed E-state index contributed by atoms with van der Waals surface area (Å²) in [5.41, 5.74) is 1.15. The van der Waals surface area contributed by atoms with Crippen LogP contribution in [0.1, 0.15) is 10.4 Å². The van der Waals surface area contributed by atoms with Gasteiger partial charge in [0.05, 0.1) is 0 Å². The first-order chi connectivity index (χ1) is 7.75. The standard InChI is InChI=1S/C13H10FNO/c14-11-8-6-10(7-9-11)13(16)15-12-4-2-1-3-5-12/h1-9H,(H,15,16)/i14-1. The molecule has 0 aliphatic carbocycles. The Hall–Kier alpha value is -2.16. The fourth-order valence-corrected chi connectivity index (χ4v) is 1.33. The van der Waals surface area contributed by atoms with Gasteiger partial charge in [0.1, 0.15) is 5.82 Å². The molecule has 0 heterocycles. The van der Waals surface area contributed by atoms with Gasteiger partial charge in [-0.2, -0.15) is 0 Å². The molecule has 2 aromatic rings. The van der Waals surface area contributed by atoms with Gasteiger partial charge in [-0.1, -0.05) is 18.2 Å². The van der Waals surface area contributed by atoms with Gasteiger partial charge in [-0.25, -0.2) is 4.39 Å².